The van der Waals surface area contributed by atoms with Crippen LogP contribution in [0.5, 0.6) is 0 Å². The van der Waals surface area contributed by atoms with Crippen molar-refractivity contribution in [3.8, 4) is 0 Å². The van der Waals surface area contributed by atoms with Gasteiger partial charge in [-0.25, -0.2) is 0 Å². The van der Waals surface area contributed by atoms with Crippen LogP contribution in [0.1, 0.15) is 12.5 Å². The van der Waals surface area contributed by atoms with Gasteiger partial charge in [0.25, 0.3) is 5.91 Å². The van der Waals surface area contributed by atoms with Gasteiger partial charge in [-0.2, -0.15) is 0 Å². The maximum atomic E-state index is 12.1. The van der Waals surface area contributed by atoms with Crippen LogP contribution in [-0.2, 0) is 9.59 Å². The summed E-state index contributed by atoms with van der Waals surface area (Å²) in [6, 6.07) is 9.74. The van der Waals surface area contributed by atoms with Gasteiger partial charge in [0.1, 0.15) is 10.9 Å². The first kappa shape index (κ1) is 19.1. The van der Waals surface area contributed by atoms with Crippen molar-refractivity contribution in [2.75, 3.05) is 6.54 Å². The molecule has 0 spiro atoms. The zero-order chi connectivity index (χ0) is 15.4. The summed E-state index contributed by atoms with van der Waals surface area (Å²) >= 11 is 6.17. The second-order valence-electron chi connectivity index (χ2n) is 4.46. The van der Waals surface area contributed by atoms with Crippen LogP contribution in [0.4, 0.5) is 0 Å². The van der Waals surface area contributed by atoms with Gasteiger partial charge in [-0.3, -0.25) is 14.5 Å². The number of carbonyl (C=O) groups is 2. The van der Waals surface area contributed by atoms with Gasteiger partial charge in [-0.1, -0.05) is 60.4 Å². The molecule has 0 unspecified atom stereocenters. The quantitative estimate of drug-likeness (QED) is 0.516. The molecule has 22 heavy (non-hydrogen) atoms. The van der Waals surface area contributed by atoms with Gasteiger partial charge in [0, 0.05) is 0 Å². The molecular formula is C15H14NNaO3S2. The number of allylic oxidation sites excluding steroid dienone is 2. The molecule has 0 aromatic heterocycles. The SMILES string of the molecule is CC(=C\c1ccccc1)/C=C1/SC(=S)N(CC(=O)O)C1=O.[NaH]. The number of amides is 1. The zero-order valence-corrected chi connectivity index (χ0v) is 12.9. The molecule has 0 aliphatic carbocycles. The number of carboxylic acid groups (broad SMARTS) is 1. The Hall–Kier alpha value is -0.920. The first-order valence-corrected chi connectivity index (χ1v) is 7.40. The first-order valence-electron chi connectivity index (χ1n) is 6.18. The summed E-state index contributed by atoms with van der Waals surface area (Å²) < 4.78 is 0.279. The molecule has 0 saturated carbocycles. The van der Waals surface area contributed by atoms with E-state index in [2.05, 4.69) is 0 Å². The predicted octanol–water partition coefficient (Wildman–Crippen LogP) is 2.27. The van der Waals surface area contributed by atoms with E-state index in [9.17, 15) is 9.59 Å². The molecule has 0 radical (unpaired) electrons. The van der Waals surface area contributed by atoms with Gasteiger partial charge < -0.3 is 5.11 Å². The van der Waals surface area contributed by atoms with Crippen molar-refractivity contribution in [3.05, 3.63) is 52.4 Å². The normalized spacial score (nSPS) is 16.9. The molecule has 2 rings (SSSR count). The van der Waals surface area contributed by atoms with E-state index in [1.807, 2.05) is 43.3 Å². The fraction of sp³-hybridized carbons (Fsp3) is 0.133. The number of carbonyl (C=O) groups excluding carboxylic acids is 1. The molecule has 110 valence electrons. The summed E-state index contributed by atoms with van der Waals surface area (Å²) in [7, 11) is 0. The molecule has 1 amide bonds. The Labute approximate surface area is 160 Å². The Morgan fingerprint density at radius 1 is 1.36 bits per heavy atom. The van der Waals surface area contributed by atoms with Crippen molar-refractivity contribution >= 4 is 75.8 Å². The van der Waals surface area contributed by atoms with Crippen LogP contribution in [-0.4, -0.2) is 62.3 Å². The zero-order valence-electron chi connectivity index (χ0n) is 11.3. The molecule has 1 aliphatic rings. The van der Waals surface area contributed by atoms with Crippen molar-refractivity contribution < 1.29 is 14.7 Å². The molecule has 1 N–H and O–H groups in total. The molecule has 0 atom stereocenters. The molecule has 1 aromatic rings. The summed E-state index contributed by atoms with van der Waals surface area (Å²) in [5.74, 6) is -1.43. The number of nitrogens with zero attached hydrogens (tertiary/aromatic N) is 1. The number of rotatable bonds is 4. The van der Waals surface area contributed by atoms with Crippen LogP contribution < -0.4 is 0 Å². The van der Waals surface area contributed by atoms with Gasteiger partial charge in [0.2, 0.25) is 0 Å². The fourth-order valence-corrected chi connectivity index (χ4v) is 3.14. The average Bonchev–Trinajstić information content (AvgIpc) is 2.67. The minimum absolute atomic E-state index is 0. The van der Waals surface area contributed by atoms with Crippen molar-refractivity contribution in [1.29, 1.82) is 0 Å². The predicted molar refractivity (Wildman–Crippen MR) is 94.9 cm³/mol. The number of aliphatic carboxylic acids is 1. The Balaban J connectivity index is 0.00000242. The summed E-state index contributed by atoms with van der Waals surface area (Å²) in [5, 5.41) is 8.78. The molecule has 1 fully saturated rings. The summed E-state index contributed by atoms with van der Waals surface area (Å²) in [4.78, 5) is 24.4. The molecular weight excluding hydrogens is 329 g/mol. The van der Waals surface area contributed by atoms with E-state index in [1.165, 1.54) is 0 Å². The summed E-state index contributed by atoms with van der Waals surface area (Å²) in [6.07, 6.45) is 3.68. The van der Waals surface area contributed by atoms with E-state index in [4.69, 9.17) is 17.3 Å². The maximum absolute atomic E-state index is 12.1. The van der Waals surface area contributed by atoms with Crippen LogP contribution in [0, 0.1) is 0 Å². The minimum atomic E-state index is -1.08. The van der Waals surface area contributed by atoms with Gasteiger partial charge in [0.05, 0.1) is 4.91 Å². The van der Waals surface area contributed by atoms with Crippen LogP contribution in [0.2, 0.25) is 0 Å². The number of thiocarbonyl (C=S) groups is 1. The Bertz CT molecular complexity index is 656. The monoisotopic (exact) mass is 343 g/mol. The van der Waals surface area contributed by atoms with Crippen LogP contribution in [0.25, 0.3) is 6.08 Å². The topological polar surface area (TPSA) is 57.6 Å². The number of thioether (sulfide) groups is 1. The van der Waals surface area contributed by atoms with E-state index >= 15 is 0 Å². The molecule has 1 aliphatic heterocycles. The van der Waals surface area contributed by atoms with E-state index in [1.54, 1.807) is 6.08 Å². The van der Waals surface area contributed by atoms with Gasteiger partial charge in [-0.05, 0) is 24.1 Å². The Morgan fingerprint density at radius 2 is 2.00 bits per heavy atom. The average molecular weight is 343 g/mol. The third-order valence-corrected chi connectivity index (χ3v) is 4.10. The van der Waals surface area contributed by atoms with E-state index in [-0.39, 0.29) is 39.8 Å². The molecule has 0 bridgehead atoms. The number of carboxylic acids is 1. The third-order valence-electron chi connectivity index (χ3n) is 2.72. The van der Waals surface area contributed by atoms with Gasteiger partial charge in [-0.15, -0.1) is 0 Å². The van der Waals surface area contributed by atoms with Crippen LogP contribution in [0.3, 0.4) is 0 Å². The van der Waals surface area contributed by atoms with Crippen molar-refractivity contribution in [2.24, 2.45) is 0 Å². The number of benzene rings is 1. The molecule has 4 nitrogen and oxygen atoms in total. The number of hydrogen-bond donors (Lipinski definition) is 1. The summed E-state index contributed by atoms with van der Waals surface area (Å²) in [5.41, 5.74) is 1.93. The van der Waals surface area contributed by atoms with Crippen LogP contribution >= 0.6 is 24.0 Å². The molecule has 1 saturated heterocycles. The molecule has 7 heteroatoms. The van der Waals surface area contributed by atoms with Crippen LogP contribution in [0.15, 0.2) is 46.9 Å². The van der Waals surface area contributed by atoms with Crippen molar-refractivity contribution in [2.45, 2.75) is 6.92 Å². The standard InChI is InChI=1S/C15H13NO3S2.Na.H/c1-10(7-11-5-3-2-4-6-11)8-12-14(19)16(9-13(17)18)15(20)21-12;;/h2-8H,9H2,1H3,(H,17,18);;/b10-7+,12-8+;;. The van der Waals surface area contributed by atoms with Crippen molar-refractivity contribution in [1.82, 2.24) is 4.90 Å². The second-order valence-corrected chi connectivity index (χ2v) is 6.14. The first-order chi connectivity index (χ1) is 9.97. The van der Waals surface area contributed by atoms with E-state index in [0.717, 1.165) is 27.8 Å². The van der Waals surface area contributed by atoms with Gasteiger partial charge >= 0.3 is 35.5 Å². The van der Waals surface area contributed by atoms with Gasteiger partial charge in [0.15, 0.2) is 0 Å². The van der Waals surface area contributed by atoms with E-state index < -0.39 is 12.5 Å². The second kappa shape index (κ2) is 8.64. The summed E-state index contributed by atoms with van der Waals surface area (Å²) in [6.45, 7) is 1.49. The molecule has 1 heterocycles. The van der Waals surface area contributed by atoms with E-state index in [0.29, 0.717) is 4.91 Å². The van der Waals surface area contributed by atoms with Crippen molar-refractivity contribution in [3.63, 3.8) is 0 Å². The molecule has 1 aromatic carbocycles. The number of hydrogen-bond acceptors (Lipinski definition) is 4. The Morgan fingerprint density at radius 3 is 2.59 bits per heavy atom. The fourth-order valence-electron chi connectivity index (χ4n) is 1.83. The third kappa shape index (κ3) is 5.07. The Kier molecular flexibility index (Phi) is 7.52.